The van der Waals surface area contributed by atoms with Crippen molar-refractivity contribution < 1.29 is 4.42 Å². The van der Waals surface area contributed by atoms with Crippen molar-refractivity contribution in [2.45, 2.75) is 32.9 Å². The molecule has 1 fully saturated rings. The van der Waals surface area contributed by atoms with E-state index in [4.69, 9.17) is 16.6 Å². The van der Waals surface area contributed by atoms with Crippen molar-refractivity contribution in [3.63, 3.8) is 0 Å². The lowest BCUT2D eigenvalue weighted by Gasteiger charge is -2.35. The standard InChI is InChI=1S/C17H22N6OS/c1-17(2,3)15-20-23(16(25)24-15)12-21-7-9-22(10-8-21)14-13(11-18)5-4-6-19-14/h4-6H,7-10,12H2,1-3H3. The summed E-state index contributed by atoms with van der Waals surface area (Å²) in [6.07, 6.45) is 1.73. The number of pyridine rings is 1. The van der Waals surface area contributed by atoms with Crippen LogP contribution in [0, 0.1) is 16.2 Å². The second kappa shape index (κ2) is 6.94. The summed E-state index contributed by atoms with van der Waals surface area (Å²) in [5.74, 6) is 1.42. The van der Waals surface area contributed by atoms with Gasteiger partial charge in [-0.1, -0.05) is 20.8 Å². The van der Waals surface area contributed by atoms with E-state index in [0.717, 1.165) is 32.0 Å². The summed E-state index contributed by atoms with van der Waals surface area (Å²) in [7, 11) is 0. The van der Waals surface area contributed by atoms with Gasteiger partial charge in [-0.25, -0.2) is 9.67 Å². The minimum atomic E-state index is -0.163. The SMILES string of the molecule is CC(C)(C)c1nn(CN2CCN(c3ncccc3C#N)CC2)c(=S)o1. The fourth-order valence-electron chi connectivity index (χ4n) is 2.73. The van der Waals surface area contributed by atoms with Crippen LogP contribution in [0.25, 0.3) is 0 Å². The maximum absolute atomic E-state index is 9.23. The van der Waals surface area contributed by atoms with E-state index in [2.05, 4.69) is 46.7 Å². The summed E-state index contributed by atoms with van der Waals surface area (Å²) >= 11 is 5.29. The average Bonchev–Trinajstić information content (AvgIpc) is 2.97. The molecule has 0 radical (unpaired) electrons. The number of nitrogens with zero attached hydrogens (tertiary/aromatic N) is 6. The van der Waals surface area contributed by atoms with Crippen molar-refractivity contribution in [1.29, 1.82) is 5.26 Å². The Morgan fingerprint density at radius 3 is 2.60 bits per heavy atom. The molecule has 0 spiro atoms. The van der Waals surface area contributed by atoms with Crippen LogP contribution in [0.4, 0.5) is 5.82 Å². The fraction of sp³-hybridized carbons (Fsp3) is 0.529. The molecule has 8 heteroatoms. The van der Waals surface area contributed by atoms with E-state index in [0.29, 0.717) is 23.0 Å². The largest absolute Gasteiger partial charge is 0.413 e. The molecule has 2 aromatic heterocycles. The van der Waals surface area contributed by atoms with Crippen LogP contribution in [0.3, 0.4) is 0 Å². The molecule has 1 aliphatic rings. The minimum absolute atomic E-state index is 0.163. The van der Waals surface area contributed by atoms with Crippen molar-refractivity contribution in [3.05, 3.63) is 34.6 Å². The molecule has 0 bridgehead atoms. The van der Waals surface area contributed by atoms with Crippen LogP contribution in [-0.4, -0.2) is 45.8 Å². The third kappa shape index (κ3) is 3.89. The number of hydrogen-bond acceptors (Lipinski definition) is 7. The van der Waals surface area contributed by atoms with Crippen LogP contribution in [0.5, 0.6) is 0 Å². The van der Waals surface area contributed by atoms with Gasteiger partial charge in [-0.3, -0.25) is 4.90 Å². The Balaban J connectivity index is 1.65. The molecule has 7 nitrogen and oxygen atoms in total. The molecule has 0 amide bonds. The van der Waals surface area contributed by atoms with Crippen molar-refractivity contribution >= 4 is 18.0 Å². The summed E-state index contributed by atoms with van der Waals surface area (Å²) < 4.78 is 7.37. The van der Waals surface area contributed by atoms with Crippen molar-refractivity contribution in [3.8, 4) is 6.07 Å². The molecule has 0 aliphatic carbocycles. The van der Waals surface area contributed by atoms with Gasteiger partial charge >= 0.3 is 0 Å². The molecule has 0 N–H and O–H groups in total. The topological polar surface area (TPSA) is 74.1 Å². The quantitative estimate of drug-likeness (QED) is 0.781. The van der Waals surface area contributed by atoms with Gasteiger partial charge in [0.2, 0.25) is 5.89 Å². The maximum atomic E-state index is 9.23. The Hall–Kier alpha value is -2.24. The van der Waals surface area contributed by atoms with Crippen LogP contribution < -0.4 is 4.90 Å². The molecule has 2 aromatic rings. The fourth-order valence-corrected chi connectivity index (χ4v) is 2.90. The molecular weight excluding hydrogens is 336 g/mol. The molecule has 1 saturated heterocycles. The van der Waals surface area contributed by atoms with Crippen molar-refractivity contribution in [1.82, 2.24) is 19.7 Å². The third-order valence-electron chi connectivity index (χ3n) is 4.16. The van der Waals surface area contributed by atoms with Gasteiger partial charge in [-0.15, -0.1) is 5.10 Å². The predicted molar refractivity (Wildman–Crippen MR) is 96.8 cm³/mol. The van der Waals surface area contributed by atoms with E-state index in [1.807, 2.05) is 0 Å². The molecule has 0 aromatic carbocycles. The summed E-state index contributed by atoms with van der Waals surface area (Å²) in [5.41, 5.74) is 0.453. The number of hydrogen-bond donors (Lipinski definition) is 0. The molecule has 3 heterocycles. The molecular formula is C17H22N6OS. The Morgan fingerprint density at radius 2 is 2.00 bits per heavy atom. The molecule has 0 saturated carbocycles. The second-order valence-electron chi connectivity index (χ2n) is 7.16. The molecule has 0 unspecified atom stereocenters. The van der Waals surface area contributed by atoms with Gasteiger partial charge in [0, 0.05) is 37.8 Å². The first-order chi connectivity index (χ1) is 11.9. The van der Waals surface area contributed by atoms with Gasteiger partial charge in [0.05, 0.1) is 12.2 Å². The highest BCUT2D eigenvalue weighted by molar-refractivity contribution is 7.71. The van der Waals surface area contributed by atoms with E-state index < -0.39 is 0 Å². The van der Waals surface area contributed by atoms with Gasteiger partial charge in [-0.05, 0) is 24.4 Å². The van der Waals surface area contributed by atoms with Crippen molar-refractivity contribution in [2.24, 2.45) is 0 Å². The van der Waals surface area contributed by atoms with Crippen molar-refractivity contribution in [2.75, 3.05) is 31.1 Å². The highest BCUT2D eigenvalue weighted by atomic mass is 32.1. The average molecular weight is 358 g/mol. The first-order valence-corrected chi connectivity index (χ1v) is 8.70. The Bertz CT molecular complexity index is 836. The predicted octanol–water partition coefficient (Wildman–Crippen LogP) is 2.55. The smallest absolute Gasteiger partial charge is 0.288 e. The Kier molecular flexibility index (Phi) is 4.88. The highest BCUT2D eigenvalue weighted by Gasteiger charge is 2.24. The first kappa shape index (κ1) is 17.6. The molecule has 1 aliphatic heterocycles. The van der Waals surface area contributed by atoms with E-state index in [1.165, 1.54) is 0 Å². The number of nitriles is 1. The van der Waals surface area contributed by atoms with Gasteiger partial charge in [0.15, 0.2) is 0 Å². The van der Waals surface area contributed by atoms with Gasteiger partial charge in [-0.2, -0.15) is 5.26 Å². The number of rotatable bonds is 3. The second-order valence-corrected chi connectivity index (χ2v) is 7.50. The zero-order chi connectivity index (χ0) is 18.0. The highest BCUT2D eigenvalue weighted by Crippen LogP contribution is 2.21. The minimum Gasteiger partial charge on any atom is -0.413 e. The third-order valence-corrected chi connectivity index (χ3v) is 4.45. The van der Waals surface area contributed by atoms with Gasteiger partial charge < -0.3 is 9.32 Å². The maximum Gasteiger partial charge on any atom is 0.288 e. The summed E-state index contributed by atoms with van der Waals surface area (Å²) in [4.78, 5) is 9.19. The monoisotopic (exact) mass is 358 g/mol. The normalized spacial score (nSPS) is 16.0. The van der Waals surface area contributed by atoms with E-state index in [1.54, 1.807) is 23.0 Å². The molecule has 25 heavy (non-hydrogen) atoms. The van der Waals surface area contributed by atoms with Crippen LogP contribution in [0.2, 0.25) is 0 Å². The lowest BCUT2D eigenvalue weighted by Crippen LogP contribution is -2.47. The molecule has 132 valence electrons. The van der Waals surface area contributed by atoms with E-state index in [-0.39, 0.29) is 5.41 Å². The Morgan fingerprint density at radius 1 is 1.28 bits per heavy atom. The number of aromatic nitrogens is 3. The van der Waals surface area contributed by atoms with Gasteiger partial charge in [0.1, 0.15) is 11.9 Å². The lowest BCUT2D eigenvalue weighted by molar-refractivity contribution is 0.191. The first-order valence-electron chi connectivity index (χ1n) is 8.29. The molecule has 0 atom stereocenters. The van der Waals surface area contributed by atoms with Crippen LogP contribution >= 0.6 is 12.2 Å². The van der Waals surface area contributed by atoms with Crippen LogP contribution in [-0.2, 0) is 12.1 Å². The van der Waals surface area contributed by atoms with Gasteiger partial charge in [0.25, 0.3) is 4.84 Å². The summed E-state index contributed by atoms with van der Waals surface area (Å²) in [6.45, 7) is 10.1. The summed E-state index contributed by atoms with van der Waals surface area (Å²) in [6, 6.07) is 5.80. The van der Waals surface area contributed by atoms with Crippen LogP contribution in [0.1, 0.15) is 32.2 Å². The Labute approximate surface area is 152 Å². The zero-order valence-electron chi connectivity index (χ0n) is 14.8. The zero-order valence-corrected chi connectivity index (χ0v) is 15.6. The summed E-state index contributed by atoms with van der Waals surface area (Å²) in [5, 5.41) is 13.7. The van der Waals surface area contributed by atoms with Crippen LogP contribution in [0.15, 0.2) is 22.7 Å². The number of piperazine rings is 1. The van der Waals surface area contributed by atoms with E-state index >= 15 is 0 Å². The lowest BCUT2D eigenvalue weighted by atomic mass is 9.97. The number of anilines is 1. The van der Waals surface area contributed by atoms with E-state index in [9.17, 15) is 5.26 Å². The molecule has 3 rings (SSSR count).